The summed E-state index contributed by atoms with van der Waals surface area (Å²) in [5.41, 5.74) is 2.49. The average molecular weight is 405 g/mol. The van der Waals surface area contributed by atoms with Gasteiger partial charge in [-0.25, -0.2) is 9.78 Å². The molecule has 0 bridgehead atoms. The molecule has 2 heterocycles. The number of nitrogens with zero attached hydrogens (tertiary/aromatic N) is 2. The van der Waals surface area contributed by atoms with E-state index in [4.69, 9.17) is 0 Å². The first kappa shape index (κ1) is 19.7. The first-order valence-corrected chi connectivity index (χ1v) is 11.7. The van der Waals surface area contributed by atoms with Gasteiger partial charge >= 0.3 is 6.03 Å². The predicted molar refractivity (Wildman–Crippen MR) is 111 cm³/mol. The number of hydrogen-bond donors (Lipinski definition) is 2. The lowest BCUT2D eigenvalue weighted by Gasteiger charge is -2.40. The number of likely N-dealkylation sites (tertiary alicyclic amines) is 1. The van der Waals surface area contributed by atoms with Crippen molar-refractivity contribution in [1.82, 2.24) is 20.5 Å². The molecule has 6 nitrogen and oxygen atoms in total. The maximum absolute atomic E-state index is 12.7. The molecule has 3 unspecified atom stereocenters. The van der Waals surface area contributed by atoms with Gasteiger partial charge in [0.05, 0.1) is 11.2 Å². The second kappa shape index (κ2) is 8.80. The third-order valence-electron chi connectivity index (χ3n) is 6.94. The van der Waals surface area contributed by atoms with Crippen LogP contribution >= 0.6 is 11.3 Å². The third-order valence-corrected chi connectivity index (χ3v) is 7.86. The monoisotopic (exact) mass is 404 g/mol. The number of piperidine rings is 1. The number of amides is 3. The molecule has 1 aromatic rings. The van der Waals surface area contributed by atoms with Crippen LogP contribution in [0.4, 0.5) is 4.79 Å². The van der Waals surface area contributed by atoms with Crippen LogP contribution in [0, 0.1) is 18.8 Å². The van der Waals surface area contributed by atoms with Gasteiger partial charge in [-0.1, -0.05) is 25.7 Å². The Hall–Kier alpha value is -1.63. The molecule has 2 N–H and O–H groups in total. The summed E-state index contributed by atoms with van der Waals surface area (Å²) in [4.78, 5) is 31.8. The van der Waals surface area contributed by atoms with E-state index in [1.165, 1.54) is 43.4 Å². The van der Waals surface area contributed by atoms with Crippen LogP contribution in [-0.2, 0) is 0 Å². The summed E-state index contributed by atoms with van der Waals surface area (Å²) in [5, 5.41) is 6.41. The highest BCUT2D eigenvalue weighted by Gasteiger charge is 2.33. The lowest BCUT2D eigenvalue weighted by Crippen LogP contribution is -2.52. The Bertz CT molecular complexity index is 698. The Labute approximate surface area is 171 Å². The highest BCUT2D eigenvalue weighted by molar-refractivity contribution is 7.11. The lowest BCUT2D eigenvalue weighted by atomic mass is 9.69. The molecule has 4 rings (SSSR count). The van der Waals surface area contributed by atoms with E-state index in [0.29, 0.717) is 24.0 Å². The predicted octanol–water partition coefficient (Wildman–Crippen LogP) is 3.71. The molecule has 2 saturated carbocycles. The number of carbonyl (C=O) groups excluding carboxylic acids is 2. The molecule has 1 aliphatic heterocycles. The molecule has 0 aromatic carbocycles. The Morgan fingerprint density at radius 2 is 1.75 bits per heavy atom. The van der Waals surface area contributed by atoms with Crippen LogP contribution in [-0.4, -0.2) is 47.0 Å². The zero-order valence-corrected chi connectivity index (χ0v) is 17.6. The number of thiazole rings is 1. The molecule has 3 atom stereocenters. The van der Waals surface area contributed by atoms with Crippen molar-refractivity contribution in [2.24, 2.45) is 11.8 Å². The van der Waals surface area contributed by atoms with Gasteiger partial charge in [0.15, 0.2) is 0 Å². The molecule has 3 amide bonds. The van der Waals surface area contributed by atoms with Crippen LogP contribution in [0.2, 0.25) is 0 Å². The smallest absolute Gasteiger partial charge is 0.317 e. The standard InChI is InChI=1S/C21H32N4O2S/c1-14-19(28-13-22-14)20(26)23-17-8-10-25(11-9-17)21(27)24-18-7-6-15-4-2-3-5-16(15)12-18/h13,15-18H,2-12H2,1H3,(H,23,26)(H,24,27). The maximum Gasteiger partial charge on any atom is 0.317 e. The van der Waals surface area contributed by atoms with Gasteiger partial charge in [-0.05, 0) is 50.9 Å². The Morgan fingerprint density at radius 3 is 2.46 bits per heavy atom. The zero-order chi connectivity index (χ0) is 19.5. The second-order valence-electron chi connectivity index (χ2n) is 8.77. The van der Waals surface area contributed by atoms with E-state index in [1.807, 2.05) is 11.8 Å². The van der Waals surface area contributed by atoms with Gasteiger partial charge in [-0.3, -0.25) is 4.79 Å². The molecule has 1 saturated heterocycles. The second-order valence-corrected chi connectivity index (χ2v) is 9.62. The summed E-state index contributed by atoms with van der Waals surface area (Å²) in [7, 11) is 0. The van der Waals surface area contributed by atoms with Crippen LogP contribution in [0.1, 0.15) is 73.2 Å². The van der Waals surface area contributed by atoms with E-state index >= 15 is 0 Å². The SMILES string of the molecule is Cc1ncsc1C(=O)NC1CCN(C(=O)NC2CCC3CCCCC3C2)CC1. The Kier molecular flexibility index (Phi) is 6.19. The van der Waals surface area contributed by atoms with E-state index in [9.17, 15) is 9.59 Å². The number of carbonyl (C=O) groups is 2. The van der Waals surface area contributed by atoms with Crippen molar-refractivity contribution in [2.75, 3.05) is 13.1 Å². The largest absolute Gasteiger partial charge is 0.348 e. The fourth-order valence-corrected chi connectivity index (χ4v) is 5.97. The minimum absolute atomic E-state index is 0.0351. The van der Waals surface area contributed by atoms with Crippen molar-refractivity contribution >= 4 is 23.3 Å². The van der Waals surface area contributed by atoms with Crippen molar-refractivity contribution in [2.45, 2.75) is 76.8 Å². The van der Waals surface area contributed by atoms with Crippen LogP contribution in [0.25, 0.3) is 0 Å². The number of fused-ring (bicyclic) bond motifs is 1. The normalized spacial score (nSPS) is 28.5. The summed E-state index contributed by atoms with van der Waals surface area (Å²) >= 11 is 1.38. The number of urea groups is 1. The first-order chi connectivity index (χ1) is 13.6. The van der Waals surface area contributed by atoms with E-state index in [0.717, 1.165) is 43.2 Å². The number of nitrogens with one attached hydrogen (secondary N) is 2. The fourth-order valence-electron chi connectivity index (χ4n) is 5.27. The maximum atomic E-state index is 12.7. The van der Waals surface area contributed by atoms with Crippen LogP contribution in [0.15, 0.2) is 5.51 Å². The number of hydrogen-bond acceptors (Lipinski definition) is 4. The summed E-state index contributed by atoms with van der Waals surface area (Å²) in [6.45, 7) is 3.27. The van der Waals surface area contributed by atoms with Gasteiger partial charge in [-0.15, -0.1) is 11.3 Å². The summed E-state index contributed by atoms with van der Waals surface area (Å²) in [6, 6.07) is 0.566. The summed E-state index contributed by atoms with van der Waals surface area (Å²) in [5.74, 6) is 1.69. The highest BCUT2D eigenvalue weighted by Crippen LogP contribution is 2.40. The molecule has 3 aliphatic rings. The fraction of sp³-hybridized carbons (Fsp3) is 0.762. The highest BCUT2D eigenvalue weighted by atomic mass is 32.1. The number of rotatable bonds is 3. The molecule has 0 spiro atoms. The number of aryl methyl sites for hydroxylation is 1. The van der Waals surface area contributed by atoms with Crippen LogP contribution in [0.3, 0.4) is 0 Å². The zero-order valence-electron chi connectivity index (χ0n) is 16.8. The molecular formula is C21H32N4O2S. The molecule has 28 heavy (non-hydrogen) atoms. The Morgan fingerprint density at radius 1 is 1.00 bits per heavy atom. The van der Waals surface area contributed by atoms with E-state index in [1.54, 1.807) is 5.51 Å². The van der Waals surface area contributed by atoms with Gasteiger partial charge in [0.2, 0.25) is 0 Å². The molecule has 0 radical (unpaired) electrons. The quantitative estimate of drug-likeness (QED) is 0.806. The van der Waals surface area contributed by atoms with Gasteiger partial charge in [-0.2, -0.15) is 0 Å². The molecule has 1 aromatic heterocycles. The molecular weight excluding hydrogens is 372 g/mol. The summed E-state index contributed by atoms with van der Waals surface area (Å²) < 4.78 is 0. The minimum Gasteiger partial charge on any atom is -0.348 e. The molecule has 3 fully saturated rings. The molecule has 2 aliphatic carbocycles. The van der Waals surface area contributed by atoms with E-state index < -0.39 is 0 Å². The average Bonchev–Trinajstić information content (AvgIpc) is 3.14. The summed E-state index contributed by atoms with van der Waals surface area (Å²) in [6.07, 6.45) is 10.7. The van der Waals surface area contributed by atoms with E-state index in [-0.39, 0.29) is 18.0 Å². The Balaban J connectivity index is 1.21. The van der Waals surface area contributed by atoms with Crippen molar-refractivity contribution in [3.8, 4) is 0 Å². The van der Waals surface area contributed by atoms with Crippen molar-refractivity contribution in [3.05, 3.63) is 16.1 Å². The van der Waals surface area contributed by atoms with Crippen molar-refractivity contribution in [3.63, 3.8) is 0 Å². The van der Waals surface area contributed by atoms with Crippen LogP contribution in [0.5, 0.6) is 0 Å². The van der Waals surface area contributed by atoms with Crippen molar-refractivity contribution < 1.29 is 9.59 Å². The van der Waals surface area contributed by atoms with Crippen LogP contribution < -0.4 is 10.6 Å². The van der Waals surface area contributed by atoms with Crippen molar-refractivity contribution in [1.29, 1.82) is 0 Å². The van der Waals surface area contributed by atoms with E-state index in [2.05, 4.69) is 15.6 Å². The van der Waals surface area contributed by atoms with Gasteiger partial charge in [0.25, 0.3) is 5.91 Å². The topological polar surface area (TPSA) is 74.3 Å². The lowest BCUT2D eigenvalue weighted by molar-refractivity contribution is 0.0919. The van der Waals surface area contributed by atoms with Gasteiger partial charge in [0, 0.05) is 25.2 Å². The minimum atomic E-state index is -0.0351. The molecule has 7 heteroatoms. The molecule has 154 valence electrons. The van der Waals surface area contributed by atoms with Gasteiger partial charge < -0.3 is 15.5 Å². The first-order valence-electron chi connectivity index (χ1n) is 10.9. The van der Waals surface area contributed by atoms with Gasteiger partial charge in [0.1, 0.15) is 4.88 Å². The third kappa shape index (κ3) is 4.50. The number of aromatic nitrogens is 1.